The van der Waals surface area contributed by atoms with Gasteiger partial charge in [0.2, 0.25) is 5.56 Å². The van der Waals surface area contributed by atoms with Gasteiger partial charge in [-0.2, -0.15) is 0 Å². The van der Waals surface area contributed by atoms with Crippen molar-refractivity contribution >= 4 is 39.1 Å². The first-order valence-electron chi connectivity index (χ1n) is 10.0. The van der Waals surface area contributed by atoms with Gasteiger partial charge in [-0.3, -0.25) is 4.79 Å². The number of nitrogens with zero attached hydrogens (tertiary/aromatic N) is 4. The van der Waals surface area contributed by atoms with Crippen molar-refractivity contribution in [2.24, 2.45) is 7.05 Å². The van der Waals surface area contributed by atoms with Crippen LogP contribution < -0.4 is 10.9 Å². The van der Waals surface area contributed by atoms with Crippen molar-refractivity contribution in [3.05, 3.63) is 87.8 Å². The summed E-state index contributed by atoms with van der Waals surface area (Å²) in [4.78, 5) is 19.5. The minimum atomic E-state index is -0.0968. The van der Waals surface area contributed by atoms with Crippen molar-refractivity contribution in [2.45, 2.75) is 17.5 Å². The molecule has 2 N–H and O–H groups in total. The maximum atomic E-state index is 12.0. The monoisotopic (exact) mass is 460 g/mol. The van der Waals surface area contributed by atoms with Crippen LogP contribution in [0.3, 0.4) is 0 Å². The van der Waals surface area contributed by atoms with Crippen LogP contribution in [0.4, 0.5) is 5.13 Å². The third-order valence-corrected chi connectivity index (χ3v) is 6.96. The fraction of sp³-hybridized carbons (Fsp3) is 0.130. The number of hydrogen-bond acceptors (Lipinski definition) is 7. The van der Waals surface area contributed by atoms with Crippen LogP contribution in [-0.2, 0) is 19.3 Å². The molecule has 2 aromatic carbocycles. The molecule has 0 aliphatic rings. The minimum absolute atomic E-state index is 0.0968. The fourth-order valence-electron chi connectivity index (χ4n) is 3.41. The molecule has 32 heavy (non-hydrogen) atoms. The first-order valence-corrected chi connectivity index (χ1v) is 11.9. The number of pyridine rings is 1. The van der Waals surface area contributed by atoms with E-state index in [1.165, 1.54) is 0 Å². The number of hydrogen-bond donors (Lipinski definition) is 2. The minimum Gasteiger partial charge on any atom is -0.354 e. The summed E-state index contributed by atoms with van der Waals surface area (Å²) >= 11 is 3.13. The number of aromatic nitrogens is 5. The number of nitrogens with one attached hydrogen (secondary N) is 2. The molecule has 0 radical (unpaired) electrons. The van der Waals surface area contributed by atoms with E-state index in [1.54, 1.807) is 29.2 Å². The lowest BCUT2D eigenvalue weighted by atomic mass is 10.1. The lowest BCUT2D eigenvalue weighted by Gasteiger charge is -2.07. The number of H-pyrrole nitrogens is 1. The maximum Gasteiger partial charge on any atom is 0.248 e. The molecule has 5 aromatic rings. The molecule has 160 valence electrons. The van der Waals surface area contributed by atoms with Gasteiger partial charge < -0.3 is 14.9 Å². The van der Waals surface area contributed by atoms with Crippen molar-refractivity contribution < 1.29 is 0 Å². The van der Waals surface area contributed by atoms with Crippen molar-refractivity contribution in [1.29, 1.82) is 0 Å². The lowest BCUT2D eigenvalue weighted by Crippen LogP contribution is -2.07. The Morgan fingerprint density at radius 1 is 1.09 bits per heavy atom. The summed E-state index contributed by atoms with van der Waals surface area (Å²) in [7, 11) is 1.95. The van der Waals surface area contributed by atoms with Gasteiger partial charge in [-0.25, -0.2) is 4.98 Å². The van der Waals surface area contributed by atoms with Crippen LogP contribution in [0.25, 0.3) is 22.2 Å². The Hall–Kier alpha value is -3.43. The Bertz CT molecular complexity index is 1420. The average molecular weight is 461 g/mol. The molecule has 0 saturated heterocycles. The van der Waals surface area contributed by atoms with Crippen molar-refractivity contribution in [3.63, 3.8) is 0 Å². The highest BCUT2D eigenvalue weighted by Gasteiger charge is 2.12. The van der Waals surface area contributed by atoms with Crippen molar-refractivity contribution in [1.82, 2.24) is 24.7 Å². The van der Waals surface area contributed by atoms with Crippen LogP contribution >= 0.6 is 23.1 Å². The van der Waals surface area contributed by atoms with Crippen molar-refractivity contribution in [2.75, 3.05) is 5.32 Å². The highest BCUT2D eigenvalue weighted by atomic mass is 32.2. The van der Waals surface area contributed by atoms with Crippen LogP contribution in [0, 0.1) is 0 Å². The number of benzene rings is 2. The Balaban J connectivity index is 1.26. The molecule has 3 heterocycles. The Morgan fingerprint density at radius 2 is 1.91 bits per heavy atom. The van der Waals surface area contributed by atoms with Crippen LogP contribution in [0.5, 0.6) is 0 Å². The molecule has 0 saturated carbocycles. The molecular weight excluding hydrogens is 440 g/mol. The molecule has 7 nitrogen and oxygen atoms in total. The molecule has 5 rings (SSSR count). The first-order chi connectivity index (χ1) is 15.7. The second kappa shape index (κ2) is 8.97. The standard InChI is InChI=1S/C23H20N6OS2/c1-29-20(12-24-22-26-19(14-31-22)15-7-3-2-4-8-15)27-28-23(29)32-13-16-11-21(30)25-18-10-6-5-9-17(16)18/h2-11,14H,12-13H2,1H3,(H,24,26)(H,25,30). The van der Waals surface area contributed by atoms with E-state index in [1.807, 2.05) is 59.5 Å². The highest BCUT2D eigenvalue weighted by Crippen LogP contribution is 2.26. The van der Waals surface area contributed by atoms with Gasteiger partial charge >= 0.3 is 0 Å². The van der Waals surface area contributed by atoms with Gasteiger partial charge in [0.05, 0.1) is 12.2 Å². The molecule has 0 spiro atoms. The smallest absolute Gasteiger partial charge is 0.248 e. The summed E-state index contributed by atoms with van der Waals surface area (Å²) in [5, 5.41) is 16.7. The second-order valence-electron chi connectivity index (χ2n) is 7.21. The maximum absolute atomic E-state index is 12.0. The molecule has 3 aromatic heterocycles. The van der Waals surface area contributed by atoms with Crippen LogP contribution in [0.15, 0.2) is 76.0 Å². The van der Waals surface area contributed by atoms with Gasteiger partial charge in [-0.05, 0) is 11.6 Å². The summed E-state index contributed by atoms with van der Waals surface area (Å²) in [6.07, 6.45) is 0. The fourth-order valence-corrected chi connectivity index (χ4v) is 5.05. The first kappa shape index (κ1) is 20.5. The van der Waals surface area contributed by atoms with Gasteiger partial charge in [0, 0.05) is 40.7 Å². The van der Waals surface area contributed by atoms with Gasteiger partial charge in [0.1, 0.15) is 0 Å². The van der Waals surface area contributed by atoms with E-state index < -0.39 is 0 Å². The number of anilines is 1. The molecule has 0 aliphatic carbocycles. The van der Waals surface area contributed by atoms with Crippen LogP contribution in [0.2, 0.25) is 0 Å². The molecule has 0 amide bonds. The third-order valence-electron chi connectivity index (χ3n) is 5.09. The van der Waals surface area contributed by atoms with Crippen LogP contribution in [-0.4, -0.2) is 24.7 Å². The van der Waals surface area contributed by atoms with Gasteiger partial charge in [0.15, 0.2) is 16.1 Å². The average Bonchev–Trinajstić information content (AvgIpc) is 3.43. The third kappa shape index (κ3) is 4.30. The van der Waals surface area contributed by atoms with E-state index in [4.69, 9.17) is 0 Å². The summed E-state index contributed by atoms with van der Waals surface area (Å²) < 4.78 is 1.97. The van der Waals surface area contributed by atoms with Gasteiger partial charge in [-0.1, -0.05) is 60.3 Å². The molecule has 9 heteroatoms. The quantitative estimate of drug-likeness (QED) is 0.343. The largest absolute Gasteiger partial charge is 0.354 e. The predicted molar refractivity (Wildman–Crippen MR) is 130 cm³/mol. The van der Waals surface area contributed by atoms with E-state index in [0.29, 0.717) is 12.3 Å². The van der Waals surface area contributed by atoms with E-state index >= 15 is 0 Å². The summed E-state index contributed by atoms with van der Waals surface area (Å²) in [5.41, 5.74) is 3.78. The molecule has 0 atom stereocenters. The zero-order valence-electron chi connectivity index (χ0n) is 17.3. The van der Waals surface area contributed by atoms with E-state index in [0.717, 1.165) is 43.8 Å². The lowest BCUT2D eigenvalue weighted by molar-refractivity contribution is 0.744. The zero-order valence-corrected chi connectivity index (χ0v) is 18.9. The second-order valence-corrected chi connectivity index (χ2v) is 9.01. The van der Waals surface area contributed by atoms with Gasteiger partial charge in [0.25, 0.3) is 0 Å². The zero-order chi connectivity index (χ0) is 21.9. The topological polar surface area (TPSA) is 88.5 Å². The molecule has 0 bridgehead atoms. The Kier molecular flexibility index (Phi) is 5.74. The number of rotatable bonds is 7. The summed E-state index contributed by atoms with van der Waals surface area (Å²) in [5.74, 6) is 1.45. The summed E-state index contributed by atoms with van der Waals surface area (Å²) in [6, 6.07) is 19.6. The molecule has 0 unspecified atom stereocenters. The molecule has 0 fully saturated rings. The van der Waals surface area contributed by atoms with E-state index in [-0.39, 0.29) is 5.56 Å². The SMILES string of the molecule is Cn1c(CNc2nc(-c3ccccc3)cs2)nnc1SCc1cc(=O)[nH]c2ccccc12. The number of thioether (sulfide) groups is 1. The number of para-hydroxylation sites is 1. The molecular formula is C23H20N6OS2. The summed E-state index contributed by atoms with van der Waals surface area (Å²) in [6.45, 7) is 0.528. The number of fused-ring (bicyclic) bond motifs is 1. The normalized spacial score (nSPS) is 11.2. The van der Waals surface area contributed by atoms with Crippen molar-refractivity contribution in [3.8, 4) is 11.3 Å². The Morgan fingerprint density at radius 3 is 2.78 bits per heavy atom. The predicted octanol–water partition coefficient (Wildman–Crippen LogP) is 4.68. The number of aromatic amines is 1. The molecule has 0 aliphatic heterocycles. The van der Waals surface area contributed by atoms with E-state index in [2.05, 4.69) is 37.6 Å². The Labute approximate surface area is 192 Å². The van der Waals surface area contributed by atoms with E-state index in [9.17, 15) is 4.79 Å². The number of thiazole rings is 1. The van der Waals surface area contributed by atoms with Gasteiger partial charge in [-0.15, -0.1) is 21.5 Å². The van der Waals surface area contributed by atoms with Crippen LogP contribution in [0.1, 0.15) is 11.4 Å². The highest BCUT2D eigenvalue weighted by molar-refractivity contribution is 7.98.